The van der Waals surface area contributed by atoms with Gasteiger partial charge in [0.15, 0.2) is 0 Å². The third-order valence-corrected chi connectivity index (χ3v) is 5.84. The van der Waals surface area contributed by atoms with Crippen LogP contribution >= 0.6 is 69.6 Å². The molecule has 3 rings (SSSR count). The Morgan fingerprint density at radius 2 is 1.30 bits per heavy atom. The molecule has 0 N–H and O–H groups in total. The van der Waals surface area contributed by atoms with Gasteiger partial charge in [0, 0.05) is 38.5 Å². The fourth-order valence-electron chi connectivity index (χ4n) is 2.61. The van der Waals surface area contributed by atoms with Gasteiger partial charge >= 0.3 is 0 Å². The van der Waals surface area contributed by atoms with Crippen LogP contribution in [0.2, 0.25) is 30.1 Å². The minimum absolute atomic E-state index is 0.0834. The van der Waals surface area contributed by atoms with Crippen LogP contribution in [0.5, 0.6) is 0 Å². The monoisotopic (exact) mass is 474 g/mol. The fourth-order valence-corrected chi connectivity index (χ4v) is 4.02. The van der Waals surface area contributed by atoms with E-state index in [-0.39, 0.29) is 6.42 Å². The van der Waals surface area contributed by atoms with Crippen molar-refractivity contribution >= 4 is 69.6 Å². The van der Waals surface area contributed by atoms with E-state index in [2.05, 4.69) is 11.1 Å². The van der Waals surface area contributed by atoms with Gasteiger partial charge in [-0.15, -0.1) is 0 Å². The average Bonchev–Trinajstić information content (AvgIpc) is 2.62. The van der Waals surface area contributed by atoms with E-state index in [1.807, 2.05) is 0 Å². The van der Waals surface area contributed by atoms with Crippen LogP contribution in [-0.4, -0.2) is 4.98 Å². The van der Waals surface area contributed by atoms with Crippen LogP contribution in [0.4, 0.5) is 0 Å². The van der Waals surface area contributed by atoms with Crippen LogP contribution < -0.4 is 0 Å². The smallest absolute Gasteiger partial charge is 0.0781 e. The van der Waals surface area contributed by atoms with Gasteiger partial charge < -0.3 is 0 Å². The molecule has 0 saturated carbocycles. The summed E-state index contributed by atoms with van der Waals surface area (Å²) in [4.78, 5) is 4.41. The van der Waals surface area contributed by atoms with Gasteiger partial charge in [0.25, 0.3) is 0 Å². The first-order valence-corrected chi connectivity index (χ1v) is 9.74. The van der Waals surface area contributed by atoms with Crippen molar-refractivity contribution in [3.05, 3.63) is 72.4 Å². The molecular weight excluding hydrogens is 469 g/mol. The van der Waals surface area contributed by atoms with E-state index >= 15 is 0 Å². The molecule has 2 aromatic carbocycles. The molecule has 0 bridgehead atoms. The van der Waals surface area contributed by atoms with Gasteiger partial charge in [-0.1, -0.05) is 69.6 Å². The molecule has 0 radical (unpaired) electrons. The number of aromatic nitrogens is 1. The van der Waals surface area contributed by atoms with Crippen molar-refractivity contribution in [3.63, 3.8) is 0 Å². The second-order valence-electron chi connectivity index (χ2n) is 5.55. The van der Waals surface area contributed by atoms with Crippen molar-refractivity contribution in [2.24, 2.45) is 0 Å². The first-order chi connectivity index (χ1) is 12.8. The van der Waals surface area contributed by atoms with Crippen molar-refractivity contribution in [2.75, 3.05) is 0 Å². The van der Waals surface area contributed by atoms with Gasteiger partial charge in [0.2, 0.25) is 0 Å². The standard InChI is InChI=1S/C19H8Cl6N2/c20-10-4-12(18(24)15(22)6-10)9-3-13(17(1-2-26)27-8-9)14-5-11(21)7-16(23)19(14)25/h3-8H,1H2. The minimum atomic E-state index is 0.0834. The molecule has 27 heavy (non-hydrogen) atoms. The number of nitrogens with zero attached hydrogens (tertiary/aromatic N) is 2. The number of nitriles is 1. The zero-order valence-corrected chi connectivity index (χ0v) is 17.9. The summed E-state index contributed by atoms with van der Waals surface area (Å²) < 4.78 is 0. The summed E-state index contributed by atoms with van der Waals surface area (Å²) in [5, 5.41) is 11.3. The quantitative estimate of drug-likeness (QED) is 0.356. The van der Waals surface area contributed by atoms with Crippen molar-refractivity contribution in [3.8, 4) is 28.3 Å². The molecule has 136 valence electrons. The minimum Gasteiger partial charge on any atom is -0.259 e. The van der Waals surface area contributed by atoms with Gasteiger partial charge in [-0.25, -0.2) is 0 Å². The predicted molar refractivity (Wildman–Crippen MR) is 114 cm³/mol. The van der Waals surface area contributed by atoms with Gasteiger partial charge in [-0.05, 0) is 30.3 Å². The van der Waals surface area contributed by atoms with Crippen molar-refractivity contribution < 1.29 is 0 Å². The molecule has 1 heterocycles. The van der Waals surface area contributed by atoms with Crippen LogP contribution in [0.3, 0.4) is 0 Å². The van der Waals surface area contributed by atoms with Gasteiger partial charge in [0.05, 0.1) is 38.3 Å². The summed E-state index contributed by atoms with van der Waals surface area (Å²) in [7, 11) is 0. The van der Waals surface area contributed by atoms with Crippen molar-refractivity contribution in [1.29, 1.82) is 5.26 Å². The Kier molecular flexibility index (Phi) is 6.43. The van der Waals surface area contributed by atoms with Crippen LogP contribution in [0.25, 0.3) is 22.3 Å². The lowest BCUT2D eigenvalue weighted by Gasteiger charge is -2.14. The summed E-state index contributed by atoms with van der Waals surface area (Å²) in [6.07, 6.45) is 1.68. The molecule has 1 aromatic heterocycles. The average molecular weight is 477 g/mol. The molecule has 3 aromatic rings. The summed E-state index contributed by atoms with van der Waals surface area (Å²) in [5.41, 5.74) is 2.99. The lowest BCUT2D eigenvalue weighted by molar-refractivity contribution is 1.12. The third-order valence-electron chi connectivity index (χ3n) is 3.80. The van der Waals surface area contributed by atoms with Crippen LogP contribution in [-0.2, 0) is 6.42 Å². The highest BCUT2D eigenvalue weighted by atomic mass is 35.5. The maximum Gasteiger partial charge on any atom is 0.0781 e. The molecule has 2 nitrogen and oxygen atoms in total. The zero-order chi connectivity index (χ0) is 19.7. The Balaban J connectivity index is 2.29. The number of hydrogen-bond donors (Lipinski definition) is 0. The molecule has 8 heteroatoms. The topological polar surface area (TPSA) is 36.7 Å². The van der Waals surface area contributed by atoms with Crippen LogP contribution in [0.15, 0.2) is 36.5 Å². The summed E-state index contributed by atoms with van der Waals surface area (Å²) in [5.74, 6) is 0. The molecule has 0 unspecified atom stereocenters. The Morgan fingerprint density at radius 1 is 0.741 bits per heavy atom. The molecule has 0 atom stereocenters. The largest absolute Gasteiger partial charge is 0.259 e. The lowest BCUT2D eigenvalue weighted by atomic mass is 9.98. The zero-order valence-electron chi connectivity index (χ0n) is 13.3. The van der Waals surface area contributed by atoms with Crippen molar-refractivity contribution in [2.45, 2.75) is 6.42 Å². The maximum absolute atomic E-state index is 9.14. The number of benzene rings is 2. The third kappa shape index (κ3) is 4.30. The first-order valence-electron chi connectivity index (χ1n) is 7.47. The summed E-state index contributed by atoms with van der Waals surface area (Å²) in [6, 6.07) is 10.4. The Hall–Kier alpha value is -1.18. The molecule has 0 aliphatic rings. The fraction of sp³-hybridized carbons (Fsp3) is 0.0526. The van der Waals surface area contributed by atoms with E-state index < -0.39 is 0 Å². The van der Waals surface area contributed by atoms with E-state index in [1.165, 1.54) is 0 Å². The van der Waals surface area contributed by atoms with Crippen LogP contribution in [0.1, 0.15) is 5.69 Å². The van der Waals surface area contributed by atoms with Gasteiger partial charge in [-0.3, -0.25) is 4.98 Å². The van der Waals surface area contributed by atoms with E-state index in [0.717, 1.165) is 0 Å². The van der Waals surface area contributed by atoms with Gasteiger partial charge in [0.1, 0.15) is 0 Å². The van der Waals surface area contributed by atoms with E-state index in [1.54, 1.807) is 36.5 Å². The number of pyridine rings is 1. The van der Waals surface area contributed by atoms with E-state index in [0.29, 0.717) is 58.1 Å². The van der Waals surface area contributed by atoms with E-state index in [9.17, 15) is 0 Å². The molecule has 0 aliphatic heterocycles. The van der Waals surface area contributed by atoms with Crippen LogP contribution in [0, 0.1) is 11.3 Å². The SMILES string of the molecule is N#CCc1ncc(-c2cc(Cl)cc(Cl)c2Cl)cc1-c1cc(Cl)cc(Cl)c1Cl. The highest BCUT2D eigenvalue weighted by Crippen LogP contribution is 2.41. The molecule has 0 fully saturated rings. The Morgan fingerprint density at radius 3 is 1.89 bits per heavy atom. The van der Waals surface area contributed by atoms with Gasteiger partial charge in [-0.2, -0.15) is 5.26 Å². The molecular formula is C19H8Cl6N2. The second kappa shape index (κ2) is 8.45. The number of rotatable bonds is 3. The second-order valence-corrected chi connectivity index (χ2v) is 7.99. The molecule has 0 saturated heterocycles. The molecule has 0 amide bonds. The predicted octanol–water partition coefficient (Wildman–Crippen LogP) is 8.40. The maximum atomic E-state index is 9.14. The normalized spacial score (nSPS) is 10.7. The van der Waals surface area contributed by atoms with E-state index in [4.69, 9.17) is 74.9 Å². The molecule has 0 spiro atoms. The molecule has 0 aliphatic carbocycles. The number of halogens is 6. The highest BCUT2D eigenvalue weighted by Gasteiger charge is 2.17. The Labute approximate surface area is 186 Å². The van der Waals surface area contributed by atoms with Crippen molar-refractivity contribution in [1.82, 2.24) is 4.98 Å². The highest BCUT2D eigenvalue weighted by molar-refractivity contribution is 6.46. The lowest BCUT2D eigenvalue weighted by Crippen LogP contribution is -1.96. The summed E-state index contributed by atoms with van der Waals surface area (Å²) >= 11 is 37.3. The Bertz CT molecular complexity index is 1090. The summed E-state index contributed by atoms with van der Waals surface area (Å²) in [6.45, 7) is 0. The number of hydrogen-bond acceptors (Lipinski definition) is 2. The first kappa shape index (κ1) is 20.6.